The van der Waals surface area contributed by atoms with Crippen molar-refractivity contribution in [2.75, 3.05) is 6.61 Å². The monoisotopic (exact) mass is 309 g/mol. The van der Waals surface area contributed by atoms with Crippen molar-refractivity contribution in [2.24, 2.45) is 17.3 Å². The average Bonchev–Trinajstić information content (AvgIpc) is 2.31. The Balaban J connectivity index is 1.54. The summed E-state index contributed by atoms with van der Waals surface area (Å²) in [7, 11) is 0. The molecule has 0 aromatic heterocycles. The van der Waals surface area contributed by atoms with Crippen molar-refractivity contribution in [3.05, 3.63) is 0 Å². The minimum atomic E-state index is -0.556. The summed E-state index contributed by atoms with van der Waals surface area (Å²) < 4.78 is 5.14. The fraction of sp³-hybridized carbons (Fsp3) is 0.882. The molecule has 0 aromatic rings. The third-order valence-electron chi connectivity index (χ3n) is 5.48. The summed E-state index contributed by atoms with van der Waals surface area (Å²) in [6, 6.07) is 0.0450. The van der Waals surface area contributed by atoms with Gasteiger partial charge in [-0.3, -0.25) is 9.59 Å². The van der Waals surface area contributed by atoms with Crippen LogP contribution in [0.25, 0.3) is 0 Å². The summed E-state index contributed by atoms with van der Waals surface area (Å²) >= 11 is 0. The Morgan fingerprint density at radius 1 is 1.23 bits per heavy atom. The van der Waals surface area contributed by atoms with Gasteiger partial charge in [-0.2, -0.15) is 0 Å². The molecule has 4 rings (SSSR count). The van der Waals surface area contributed by atoms with Crippen molar-refractivity contribution in [1.82, 2.24) is 5.32 Å². The summed E-state index contributed by atoms with van der Waals surface area (Å²) in [4.78, 5) is 23.7. The molecule has 4 bridgehead atoms. The van der Waals surface area contributed by atoms with E-state index in [4.69, 9.17) is 4.74 Å². The highest BCUT2D eigenvalue weighted by Crippen LogP contribution is 2.62. The van der Waals surface area contributed by atoms with Gasteiger partial charge in [0.15, 0.2) is 6.61 Å². The van der Waals surface area contributed by atoms with Gasteiger partial charge in [-0.1, -0.05) is 0 Å². The van der Waals surface area contributed by atoms with Crippen LogP contribution in [-0.4, -0.2) is 35.2 Å². The van der Waals surface area contributed by atoms with Gasteiger partial charge in [-0.15, -0.1) is 0 Å². The highest BCUT2D eigenvalue weighted by Gasteiger charge is 2.57. The van der Waals surface area contributed by atoms with Crippen molar-refractivity contribution >= 4 is 11.9 Å². The number of nitrogens with one attached hydrogen (secondary N) is 1. The van der Waals surface area contributed by atoms with E-state index in [2.05, 4.69) is 5.32 Å². The molecule has 2 atom stereocenters. The molecule has 124 valence electrons. The van der Waals surface area contributed by atoms with Gasteiger partial charge < -0.3 is 15.2 Å². The van der Waals surface area contributed by atoms with Crippen LogP contribution in [0.5, 0.6) is 0 Å². The van der Waals surface area contributed by atoms with Crippen LogP contribution in [-0.2, 0) is 14.3 Å². The Morgan fingerprint density at radius 2 is 1.86 bits per heavy atom. The lowest BCUT2D eigenvalue weighted by molar-refractivity contribution is -0.177. The molecule has 4 aliphatic carbocycles. The first-order chi connectivity index (χ1) is 10.3. The molecular weight excluding hydrogens is 282 g/mol. The van der Waals surface area contributed by atoms with Gasteiger partial charge in [0.05, 0.1) is 12.0 Å². The van der Waals surface area contributed by atoms with Crippen LogP contribution >= 0.6 is 0 Å². The lowest BCUT2D eigenvalue weighted by Crippen LogP contribution is -2.56. The van der Waals surface area contributed by atoms with Gasteiger partial charge in [0, 0.05) is 6.04 Å². The van der Waals surface area contributed by atoms with Crippen LogP contribution in [0.1, 0.15) is 58.8 Å². The first-order valence-electron chi connectivity index (χ1n) is 8.45. The smallest absolute Gasteiger partial charge is 0.306 e. The number of hydrogen-bond acceptors (Lipinski definition) is 4. The highest BCUT2D eigenvalue weighted by molar-refractivity contribution is 5.80. The number of ether oxygens (including phenoxy) is 1. The van der Waals surface area contributed by atoms with Crippen LogP contribution < -0.4 is 5.32 Å². The lowest BCUT2D eigenvalue weighted by atomic mass is 9.47. The van der Waals surface area contributed by atoms with Gasteiger partial charge in [0.2, 0.25) is 0 Å². The second-order valence-electron chi connectivity index (χ2n) is 8.25. The first kappa shape index (κ1) is 15.8. The van der Waals surface area contributed by atoms with E-state index in [1.54, 1.807) is 0 Å². The third kappa shape index (κ3) is 3.29. The summed E-state index contributed by atoms with van der Waals surface area (Å²) in [6.45, 7) is 3.54. The number of aliphatic hydroxyl groups is 1. The molecule has 4 aliphatic rings. The number of esters is 1. The van der Waals surface area contributed by atoms with E-state index >= 15 is 0 Å². The van der Waals surface area contributed by atoms with Crippen molar-refractivity contribution in [3.8, 4) is 0 Å². The highest BCUT2D eigenvalue weighted by atomic mass is 16.5. The Bertz CT molecular complexity index is 459. The standard InChI is InChI=1S/C17H27NO4/c1-11(2)18-14(19)9-22-15(20)8-16-4-12-3-13(5-16)7-17(21,6-12)10-16/h11-13,21H,3-10H2,1-2H3,(H,18,19)/t12-,13-,16?,17?/m0/s1. The summed E-state index contributed by atoms with van der Waals surface area (Å²) in [6.07, 6.45) is 6.12. The molecule has 4 saturated carbocycles. The molecule has 5 nitrogen and oxygen atoms in total. The van der Waals surface area contributed by atoms with Crippen molar-refractivity contribution in [2.45, 2.75) is 70.4 Å². The molecule has 0 heterocycles. The lowest BCUT2D eigenvalue weighted by Gasteiger charge is -2.60. The zero-order valence-corrected chi connectivity index (χ0v) is 13.6. The van der Waals surface area contributed by atoms with Crippen LogP contribution in [0.2, 0.25) is 0 Å². The van der Waals surface area contributed by atoms with Gasteiger partial charge in [-0.05, 0) is 69.6 Å². The molecule has 4 fully saturated rings. The Hall–Kier alpha value is -1.10. The predicted molar refractivity (Wildman–Crippen MR) is 80.9 cm³/mol. The number of rotatable bonds is 5. The number of hydrogen-bond donors (Lipinski definition) is 2. The van der Waals surface area contributed by atoms with Gasteiger partial charge in [-0.25, -0.2) is 0 Å². The molecule has 0 aromatic carbocycles. The zero-order chi connectivity index (χ0) is 16.0. The van der Waals surface area contributed by atoms with E-state index in [1.165, 1.54) is 6.42 Å². The Morgan fingerprint density at radius 3 is 2.41 bits per heavy atom. The quantitative estimate of drug-likeness (QED) is 0.759. The maximum Gasteiger partial charge on any atom is 0.306 e. The van der Waals surface area contributed by atoms with Crippen molar-refractivity contribution in [1.29, 1.82) is 0 Å². The van der Waals surface area contributed by atoms with E-state index in [0.29, 0.717) is 18.3 Å². The predicted octanol–water partition coefficient (Wildman–Crippen LogP) is 1.78. The van der Waals surface area contributed by atoms with Crippen LogP contribution in [0.4, 0.5) is 0 Å². The van der Waals surface area contributed by atoms with E-state index in [1.807, 2.05) is 13.8 Å². The number of amides is 1. The van der Waals surface area contributed by atoms with Gasteiger partial charge >= 0.3 is 5.97 Å². The van der Waals surface area contributed by atoms with Crippen LogP contribution in [0.3, 0.4) is 0 Å². The minimum Gasteiger partial charge on any atom is -0.456 e. The minimum absolute atomic E-state index is 0.0450. The molecule has 0 spiro atoms. The van der Waals surface area contributed by atoms with Gasteiger partial charge in [0.25, 0.3) is 5.91 Å². The fourth-order valence-corrected chi connectivity index (χ4v) is 5.48. The maximum absolute atomic E-state index is 12.1. The molecule has 1 amide bonds. The molecule has 5 heteroatoms. The zero-order valence-electron chi connectivity index (χ0n) is 13.6. The average molecular weight is 309 g/mol. The molecule has 0 saturated heterocycles. The Kier molecular flexibility index (Phi) is 3.96. The maximum atomic E-state index is 12.1. The second-order valence-corrected chi connectivity index (χ2v) is 8.25. The third-order valence-corrected chi connectivity index (χ3v) is 5.48. The molecule has 0 aliphatic heterocycles. The van der Waals surface area contributed by atoms with E-state index in [-0.39, 0.29) is 29.9 Å². The van der Waals surface area contributed by atoms with Crippen molar-refractivity contribution in [3.63, 3.8) is 0 Å². The summed E-state index contributed by atoms with van der Waals surface area (Å²) in [5, 5.41) is 13.4. The van der Waals surface area contributed by atoms with Crippen LogP contribution in [0, 0.1) is 17.3 Å². The van der Waals surface area contributed by atoms with E-state index < -0.39 is 5.60 Å². The first-order valence-corrected chi connectivity index (χ1v) is 8.45. The van der Waals surface area contributed by atoms with Gasteiger partial charge in [0.1, 0.15) is 0 Å². The fourth-order valence-electron chi connectivity index (χ4n) is 5.48. The van der Waals surface area contributed by atoms with E-state index in [9.17, 15) is 14.7 Å². The van der Waals surface area contributed by atoms with E-state index in [0.717, 1.165) is 32.1 Å². The molecule has 0 radical (unpaired) electrons. The SMILES string of the molecule is CC(C)NC(=O)COC(=O)CC12C[C@@H]3C[C@H](CC(O)(C3)C1)C2. The molecule has 0 unspecified atom stereocenters. The number of carbonyl (C=O) groups excluding carboxylic acids is 2. The molecule has 2 N–H and O–H groups in total. The van der Waals surface area contributed by atoms with Crippen LogP contribution in [0.15, 0.2) is 0 Å². The topological polar surface area (TPSA) is 75.6 Å². The Labute approximate surface area is 131 Å². The van der Waals surface area contributed by atoms with Crippen molar-refractivity contribution < 1.29 is 19.4 Å². The summed E-state index contributed by atoms with van der Waals surface area (Å²) in [5.41, 5.74) is -0.649. The normalized spacial score (nSPS) is 39.1. The second kappa shape index (κ2) is 5.52. The molecular formula is C17H27NO4. The largest absolute Gasteiger partial charge is 0.456 e. The molecule has 22 heavy (non-hydrogen) atoms. The number of carbonyl (C=O) groups is 2. The summed E-state index contributed by atoms with van der Waals surface area (Å²) in [5.74, 6) is 0.559.